The summed E-state index contributed by atoms with van der Waals surface area (Å²) >= 11 is 0. The van der Waals surface area contributed by atoms with Gasteiger partial charge in [-0.25, -0.2) is 0 Å². The van der Waals surface area contributed by atoms with Crippen molar-refractivity contribution in [3.05, 3.63) is 196 Å². The fourth-order valence-electron chi connectivity index (χ4n) is 8.59. The minimum absolute atomic E-state index is 0.348. The van der Waals surface area contributed by atoms with Crippen LogP contribution in [0.1, 0.15) is 143 Å². The molecule has 0 spiro atoms. The molecule has 1 aliphatic heterocycles. The van der Waals surface area contributed by atoms with Gasteiger partial charge in [0.25, 0.3) is 0 Å². The second-order valence-corrected chi connectivity index (χ2v) is 18.6. The second-order valence-electron chi connectivity index (χ2n) is 18.6. The van der Waals surface area contributed by atoms with Crippen molar-refractivity contribution in [2.45, 2.75) is 120 Å². The molecule has 1 heterocycles. The lowest BCUT2D eigenvalue weighted by atomic mass is 9.92. The zero-order valence-electron chi connectivity index (χ0n) is 40.8. The molecular weight excluding hydrogens is 781 g/mol. The van der Waals surface area contributed by atoms with Gasteiger partial charge in [0, 0.05) is 5.56 Å². The number of hydrogen-bond acceptors (Lipinski definition) is 3. The van der Waals surface area contributed by atoms with E-state index >= 15 is 0 Å². The Morgan fingerprint density at radius 2 is 0.875 bits per heavy atom. The molecule has 0 fully saturated rings. The first kappa shape index (κ1) is 49.0. The van der Waals surface area contributed by atoms with Gasteiger partial charge >= 0.3 is 0 Å². The molecule has 0 aliphatic carbocycles. The molecule has 0 aromatic heterocycles. The van der Waals surface area contributed by atoms with Crippen LogP contribution in [-0.4, -0.2) is 11.9 Å². The van der Waals surface area contributed by atoms with E-state index in [1.165, 1.54) is 65.9 Å². The van der Waals surface area contributed by atoms with Gasteiger partial charge in [0.1, 0.15) is 5.75 Å². The lowest BCUT2D eigenvalue weighted by Gasteiger charge is -2.14. The Morgan fingerprint density at radius 1 is 0.391 bits per heavy atom. The van der Waals surface area contributed by atoms with Gasteiger partial charge in [0.05, 0.1) is 0 Å². The van der Waals surface area contributed by atoms with Crippen molar-refractivity contribution in [2.75, 3.05) is 6.79 Å². The highest BCUT2D eigenvalue weighted by Crippen LogP contribution is 2.35. The third kappa shape index (κ3) is 13.0. The smallest absolute Gasteiger partial charge is 0.231 e. The number of rotatable bonds is 5. The molecule has 0 amide bonds. The maximum Gasteiger partial charge on any atom is 0.231 e. The normalized spacial score (nSPS) is 11.5. The molecule has 3 heteroatoms. The van der Waals surface area contributed by atoms with Crippen LogP contribution in [0.25, 0.3) is 32.3 Å². The fraction of sp³-hybridized carbons (Fsp3) is 0.311. The summed E-state index contributed by atoms with van der Waals surface area (Å²) in [5, 5.41) is 17.5. The van der Waals surface area contributed by atoms with Gasteiger partial charge in [-0.15, -0.1) is 0 Å². The predicted octanol–water partition coefficient (Wildman–Crippen LogP) is 17.9. The number of hydrogen-bond donors (Lipinski definition) is 1. The van der Waals surface area contributed by atoms with Gasteiger partial charge in [-0.1, -0.05) is 208 Å². The number of phenols is 1. The van der Waals surface area contributed by atoms with Gasteiger partial charge < -0.3 is 14.6 Å². The zero-order valence-corrected chi connectivity index (χ0v) is 40.8. The van der Waals surface area contributed by atoms with Crippen molar-refractivity contribution >= 4 is 32.3 Å². The van der Waals surface area contributed by atoms with E-state index in [9.17, 15) is 5.11 Å². The summed E-state index contributed by atoms with van der Waals surface area (Å²) in [6, 6.07) is 52.8. The standard InChI is InChI=1S/C13H14O.2C13H14.C12H18.C10H12O2/c1-9(2)13-11-6-4-3-5-10(11)7-8-12(13)14;1-10(2)12-9-5-7-11-6-3-4-8-13(11)12;1-10(2)12-8-7-11-5-3-4-6-13(11)9-12;1-8(2)12-10(4)6-9(3)7-11(12)5;1-7(2)8-3-4-9-10(5-8)12-6-11-9/h3-9,14H,1-2H3;2*3-10H,1-2H3;6-8H,1-5H3;3-5,7H,6H2,1-2H3. The third-order valence-corrected chi connectivity index (χ3v) is 11.8. The molecular formula is C61H72O3. The average molecular weight is 853 g/mol. The van der Waals surface area contributed by atoms with Crippen molar-refractivity contribution in [1.82, 2.24) is 0 Å². The van der Waals surface area contributed by atoms with Crippen LogP contribution in [0.3, 0.4) is 0 Å². The molecule has 0 radical (unpaired) electrons. The number of aromatic hydroxyl groups is 1. The van der Waals surface area contributed by atoms with Crippen LogP contribution in [0, 0.1) is 20.8 Å². The molecule has 0 bridgehead atoms. The van der Waals surface area contributed by atoms with Gasteiger partial charge in [-0.2, -0.15) is 0 Å². The monoisotopic (exact) mass is 853 g/mol. The highest BCUT2D eigenvalue weighted by atomic mass is 16.7. The van der Waals surface area contributed by atoms with E-state index in [0.717, 1.165) is 22.4 Å². The number of benzene rings is 8. The molecule has 1 aliphatic rings. The van der Waals surface area contributed by atoms with Crippen molar-refractivity contribution in [3.8, 4) is 17.2 Å². The Labute approximate surface area is 385 Å². The number of fused-ring (bicyclic) bond motifs is 4. The Kier molecular flexibility index (Phi) is 17.6. The highest BCUT2D eigenvalue weighted by Gasteiger charge is 2.14. The minimum atomic E-state index is 0.348. The summed E-state index contributed by atoms with van der Waals surface area (Å²) in [5.74, 6) is 4.89. The Hall–Kier alpha value is -6.06. The number of ether oxygens (including phenoxy) is 2. The van der Waals surface area contributed by atoms with Crippen LogP contribution in [0.2, 0.25) is 0 Å². The van der Waals surface area contributed by atoms with Crippen molar-refractivity contribution in [2.24, 2.45) is 0 Å². The maximum absolute atomic E-state index is 9.78. The van der Waals surface area contributed by atoms with Gasteiger partial charge in [-0.3, -0.25) is 0 Å². The van der Waals surface area contributed by atoms with E-state index in [-0.39, 0.29) is 0 Å². The van der Waals surface area contributed by atoms with Crippen LogP contribution in [0.4, 0.5) is 0 Å². The molecule has 8 aromatic carbocycles. The van der Waals surface area contributed by atoms with Gasteiger partial charge in [0.15, 0.2) is 11.5 Å². The third-order valence-electron chi connectivity index (χ3n) is 11.8. The summed E-state index contributed by atoms with van der Waals surface area (Å²) in [4.78, 5) is 0. The first-order valence-corrected chi connectivity index (χ1v) is 23.2. The van der Waals surface area contributed by atoms with E-state index in [1.54, 1.807) is 6.07 Å². The molecule has 8 aromatic rings. The quantitative estimate of drug-likeness (QED) is 0.187. The number of aryl methyl sites for hydroxylation is 3. The van der Waals surface area contributed by atoms with Crippen LogP contribution < -0.4 is 9.47 Å². The summed E-state index contributed by atoms with van der Waals surface area (Å²) in [7, 11) is 0. The van der Waals surface area contributed by atoms with Crippen molar-refractivity contribution < 1.29 is 14.6 Å². The van der Waals surface area contributed by atoms with Gasteiger partial charge in [-0.05, 0) is 134 Å². The topological polar surface area (TPSA) is 38.7 Å². The molecule has 64 heavy (non-hydrogen) atoms. The molecule has 334 valence electrons. The molecule has 0 saturated carbocycles. The molecule has 3 nitrogen and oxygen atoms in total. The molecule has 0 unspecified atom stereocenters. The van der Waals surface area contributed by atoms with E-state index in [4.69, 9.17) is 9.47 Å². The van der Waals surface area contributed by atoms with Gasteiger partial charge in [0.2, 0.25) is 6.79 Å². The average Bonchev–Trinajstić information content (AvgIpc) is 3.75. The second kappa shape index (κ2) is 23.0. The summed E-state index contributed by atoms with van der Waals surface area (Å²) < 4.78 is 10.5. The summed E-state index contributed by atoms with van der Waals surface area (Å²) in [5.41, 5.74) is 10.9. The highest BCUT2D eigenvalue weighted by molar-refractivity contribution is 5.88. The molecule has 0 atom stereocenters. The predicted molar refractivity (Wildman–Crippen MR) is 277 cm³/mol. The van der Waals surface area contributed by atoms with Crippen LogP contribution in [0.5, 0.6) is 17.2 Å². The Morgan fingerprint density at radius 3 is 1.47 bits per heavy atom. The largest absolute Gasteiger partial charge is 0.508 e. The maximum atomic E-state index is 9.78. The summed E-state index contributed by atoms with van der Waals surface area (Å²) in [6.45, 7) is 28.9. The Balaban J connectivity index is 0.000000151. The zero-order chi connectivity index (χ0) is 46.5. The van der Waals surface area contributed by atoms with E-state index in [1.807, 2.05) is 30.3 Å². The van der Waals surface area contributed by atoms with Crippen molar-refractivity contribution in [3.63, 3.8) is 0 Å². The lowest BCUT2D eigenvalue weighted by Crippen LogP contribution is -1.96. The summed E-state index contributed by atoms with van der Waals surface area (Å²) in [6.07, 6.45) is 0. The van der Waals surface area contributed by atoms with Crippen LogP contribution in [0.15, 0.2) is 152 Å². The van der Waals surface area contributed by atoms with E-state index in [0.29, 0.717) is 42.1 Å². The fourth-order valence-corrected chi connectivity index (χ4v) is 8.59. The first-order valence-electron chi connectivity index (χ1n) is 23.2. The Bertz CT molecular complexity index is 2700. The van der Waals surface area contributed by atoms with Crippen LogP contribution in [-0.2, 0) is 0 Å². The molecule has 9 rings (SSSR count). The van der Waals surface area contributed by atoms with E-state index < -0.39 is 0 Å². The molecule has 0 saturated heterocycles. The lowest BCUT2D eigenvalue weighted by molar-refractivity contribution is 0.174. The first-order chi connectivity index (χ1) is 30.5. The molecule has 1 N–H and O–H groups in total. The number of phenolic OH excluding ortho intramolecular Hbond substituents is 1. The SMILES string of the molecule is CC(C)c1c(O)ccc2ccccc12.CC(C)c1ccc2c(c1)OCO2.CC(C)c1ccc2ccccc2c1.CC(C)c1cccc2ccccc12.Cc1cc(C)c(C(C)C)c(C)c1. The van der Waals surface area contributed by atoms with Crippen LogP contribution >= 0.6 is 0 Å². The van der Waals surface area contributed by atoms with E-state index in [2.05, 4.69) is 205 Å². The van der Waals surface area contributed by atoms with Crippen molar-refractivity contribution in [1.29, 1.82) is 0 Å². The minimum Gasteiger partial charge on any atom is -0.508 e.